The van der Waals surface area contributed by atoms with Crippen LogP contribution in [-0.4, -0.2) is 40.7 Å². The maximum absolute atomic E-state index is 11.9. The number of carbonyl (C=O) groups excluding carboxylic acids is 1. The van der Waals surface area contributed by atoms with Gasteiger partial charge in [-0.05, 0) is 37.0 Å². The molecule has 0 unspecified atom stereocenters. The Balaban J connectivity index is 1.76. The van der Waals surface area contributed by atoms with Crippen molar-refractivity contribution in [2.45, 2.75) is 25.8 Å². The molecule has 19 heavy (non-hydrogen) atoms. The summed E-state index contributed by atoms with van der Waals surface area (Å²) in [4.78, 5) is 13.8. The Kier molecular flexibility index (Phi) is 4.63. The molecule has 0 aromatic heterocycles. The number of nitrogens with one attached hydrogen (secondary N) is 1. The number of aromatic hydroxyl groups is 2. The number of hydrogen-bond donors (Lipinski definition) is 3. The van der Waals surface area contributed by atoms with E-state index in [-0.39, 0.29) is 17.4 Å². The number of benzene rings is 1. The Hall–Kier alpha value is -1.75. The van der Waals surface area contributed by atoms with Gasteiger partial charge >= 0.3 is 0 Å². The van der Waals surface area contributed by atoms with Crippen molar-refractivity contribution in [1.29, 1.82) is 0 Å². The molecule has 0 bridgehead atoms. The van der Waals surface area contributed by atoms with Crippen molar-refractivity contribution in [2.24, 2.45) is 0 Å². The number of rotatable bonds is 4. The topological polar surface area (TPSA) is 72.8 Å². The van der Waals surface area contributed by atoms with E-state index in [1.807, 2.05) is 4.90 Å². The summed E-state index contributed by atoms with van der Waals surface area (Å²) in [6.45, 7) is 2.52. The molecule has 1 aromatic carbocycles. The summed E-state index contributed by atoms with van der Waals surface area (Å²) >= 11 is 0. The second-order valence-electron chi connectivity index (χ2n) is 4.87. The van der Waals surface area contributed by atoms with Gasteiger partial charge in [0, 0.05) is 19.6 Å². The first-order valence-corrected chi connectivity index (χ1v) is 6.66. The molecular formula is C14H20N2O3. The van der Waals surface area contributed by atoms with E-state index >= 15 is 0 Å². The Bertz CT molecular complexity index is 442. The lowest BCUT2D eigenvalue weighted by Crippen LogP contribution is -2.40. The van der Waals surface area contributed by atoms with Crippen molar-refractivity contribution in [3.8, 4) is 11.5 Å². The number of nitrogens with zero attached hydrogens (tertiary/aromatic N) is 1. The van der Waals surface area contributed by atoms with Gasteiger partial charge in [0.05, 0.1) is 6.54 Å². The van der Waals surface area contributed by atoms with Gasteiger partial charge in [-0.1, -0.05) is 6.07 Å². The smallest absolute Gasteiger partial charge is 0.236 e. The minimum absolute atomic E-state index is 0.128. The second-order valence-corrected chi connectivity index (χ2v) is 4.87. The summed E-state index contributed by atoms with van der Waals surface area (Å²) in [5.74, 6) is -0.141. The van der Waals surface area contributed by atoms with Crippen LogP contribution in [0.2, 0.25) is 0 Å². The third-order valence-electron chi connectivity index (χ3n) is 3.35. The lowest BCUT2D eigenvalue weighted by atomic mass is 10.1. The molecule has 1 aromatic rings. The van der Waals surface area contributed by atoms with Crippen molar-refractivity contribution in [2.75, 3.05) is 19.6 Å². The van der Waals surface area contributed by atoms with Crippen molar-refractivity contribution in [3.05, 3.63) is 23.8 Å². The molecule has 1 fully saturated rings. The van der Waals surface area contributed by atoms with E-state index in [9.17, 15) is 15.0 Å². The van der Waals surface area contributed by atoms with Crippen molar-refractivity contribution in [3.63, 3.8) is 0 Å². The fourth-order valence-electron chi connectivity index (χ4n) is 2.25. The summed E-state index contributed by atoms with van der Waals surface area (Å²) in [6, 6.07) is 4.65. The van der Waals surface area contributed by atoms with Gasteiger partial charge in [-0.3, -0.25) is 4.79 Å². The van der Waals surface area contributed by atoms with E-state index < -0.39 is 0 Å². The standard InChI is InChI=1S/C14H20N2O3/c17-12-5-4-11(8-13(12)18)9-15-10-14(19)16-6-2-1-3-7-16/h4-5,8,15,17-18H,1-3,6-7,9-10H2. The molecule has 0 spiro atoms. The van der Waals surface area contributed by atoms with Gasteiger partial charge in [0.15, 0.2) is 11.5 Å². The van der Waals surface area contributed by atoms with Gasteiger partial charge in [0.25, 0.3) is 0 Å². The van der Waals surface area contributed by atoms with Crippen LogP contribution in [0.5, 0.6) is 11.5 Å². The number of piperidine rings is 1. The average molecular weight is 264 g/mol. The number of phenols is 2. The van der Waals surface area contributed by atoms with E-state index in [0.29, 0.717) is 13.1 Å². The average Bonchev–Trinajstić information content (AvgIpc) is 2.43. The fourth-order valence-corrected chi connectivity index (χ4v) is 2.25. The molecule has 1 aliphatic heterocycles. The minimum Gasteiger partial charge on any atom is -0.504 e. The predicted molar refractivity (Wildman–Crippen MR) is 71.9 cm³/mol. The summed E-state index contributed by atoms with van der Waals surface area (Å²) < 4.78 is 0. The van der Waals surface area contributed by atoms with Crippen molar-refractivity contribution in [1.82, 2.24) is 10.2 Å². The van der Waals surface area contributed by atoms with Gasteiger partial charge in [-0.2, -0.15) is 0 Å². The van der Waals surface area contributed by atoms with Crippen LogP contribution in [0.4, 0.5) is 0 Å². The number of phenolic OH excluding ortho intramolecular Hbond substituents is 2. The Morgan fingerprint density at radius 1 is 1.16 bits per heavy atom. The highest BCUT2D eigenvalue weighted by Gasteiger charge is 2.15. The first kappa shape index (κ1) is 13.7. The molecule has 2 rings (SSSR count). The van der Waals surface area contributed by atoms with Crippen molar-refractivity contribution >= 4 is 5.91 Å². The quantitative estimate of drug-likeness (QED) is 0.715. The minimum atomic E-state index is -0.137. The van der Waals surface area contributed by atoms with Crippen LogP contribution in [-0.2, 0) is 11.3 Å². The monoisotopic (exact) mass is 264 g/mol. The van der Waals surface area contributed by atoms with Gasteiger partial charge in [-0.15, -0.1) is 0 Å². The van der Waals surface area contributed by atoms with E-state index in [1.165, 1.54) is 18.6 Å². The molecule has 0 saturated carbocycles. The van der Waals surface area contributed by atoms with Crippen LogP contribution < -0.4 is 5.32 Å². The third kappa shape index (κ3) is 3.86. The van der Waals surface area contributed by atoms with E-state index in [2.05, 4.69) is 5.32 Å². The van der Waals surface area contributed by atoms with Crippen molar-refractivity contribution < 1.29 is 15.0 Å². The molecule has 104 valence electrons. The van der Waals surface area contributed by atoms with Gasteiger partial charge in [-0.25, -0.2) is 0 Å². The number of hydrogen-bond acceptors (Lipinski definition) is 4. The molecule has 1 saturated heterocycles. The SMILES string of the molecule is O=C(CNCc1ccc(O)c(O)c1)N1CCCCC1. The molecule has 0 radical (unpaired) electrons. The molecule has 1 amide bonds. The zero-order valence-electron chi connectivity index (χ0n) is 10.9. The summed E-state index contributed by atoms with van der Waals surface area (Å²) in [7, 11) is 0. The molecule has 1 heterocycles. The summed E-state index contributed by atoms with van der Waals surface area (Å²) in [6.07, 6.45) is 3.40. The molecule has 0 aliphatic carbocycles. The van der Waals surface area contributed by atoms with Crippen LogP contribution in [0.25, 0.3) is 0 Å². The molecule has 5 heteroatoms. The zero-order valence-corrected chi connectivity index (χ0v) is 10.9. The lowest BCUT2D eigenvalue weighted by Gasteiger charge is -2.26. The maximum atomic E-state index is 11.9. The summed E-state index contributed by atoms with van der Waals surface area (Å²) in [5, 5.41) is 21.6. The maximum Gasteiger partial charge on any atom is 0.236 e. The van der Waals surface area contributed by atoms with Gasteiger partial charge in [0.2, 0.25) is 5.91 Å². The Morgan fingerprint density at radius 3 is 2.58 bits per heavy atom. The Morgan fingerprint density at radius 2 is 1.89 bits per heavy atom. The Labute approximate surface area is 112 Å². The highest BCUT2D eigenvalue weighted by atomic mass is 16.3. The third-order valence-corrected chi connectivity index (χ3v) is 3.35. The number of likely N-dealkylation sites (tertiary alicyclic amines) is 1. The van der Waals surface area contributed by atoms with E-state index in [1.54, 1.807) is 6.07 Å². The zero-order chi connectivity index (χ0) is 13.7. The highest BCUT2D eigenvalue weighted by Crippen LogP contribution is 2.24. The molecule has 1 aliphatic rings. The first-order chi connectivity index (χ1) is 9.16. The lowest BCUT2D eigenvalue weighted by molar-refractivity contribution is -0.131. The van der Waals surface area contributed by atoms with Crippen LogP contribution in [0, 0.1) is 0 Å². The van der Waals surface area contributed by atoms with E-state index in [0.717, 1.165) is 31.5 Å². The van der Waals surface area contributed by atoms with Gasteiger partial charge in [0.1, 0.15) is 0 Å². The molecule has 3 N–H and O–H groups in total. The highest BCUT2D eigenvalue weighted by molar-refractivity contribution is 5.78. The second kappa shape index (κ2) is 6.43. The van der Waals surface area contributed by atoms with E-state index in [4.69, 9.17) is 0 Å². The normalized spacial score (nSPS) is 15.5. The fraction of sp³-hybridized carbons (Fsp3) is 0.500. The molecule has 5 nitrogen and oxygen atoms in total. The first-order valence-electron chi connectivity index (χ1n) is 6.66. The van der Waals surface area contributed by atoms with Crippen LogP contribution in [0.1, 0.15) is 24.8 Å². The molecule has 0 atom stereocenters. The largest absolute Gasteiger partial charge is 0.504 e. The van der Waals surface area contributed by atoms with Crippen LogP contribution >= 0.6 is 0 Å². The van der Waals surface area contributed by atoms with Crippen LogP contribution in [0.3, 0.4) is 0 Å². The number of amides is 1. The predicted octanol–water partition coefficient (Wildman–Crippen LogP) is 1.20. The van der Waals surface area contributed by atoms with Crippen LogP contribution in [0.15, 0.2) is 18.2 Å². The molecular weight excluding hydrogens is 244 g/mol. The van der Waals surface area contributed by atoms with Gasteiger partial charge < -0.3 is 20.4 Å². The number of carbonyl (C=O) groups is 1. The summed E-state index contributed by atoms with van der Waals surface area (Å²) in [5.41, 5.74) is 0.835.